The minimum absolute atomic E-state index is 0.0522. The highest BCUT2D eigenvalue weighted by molar-refractivity contribution is 6.00. The summed E-state index contributed by atoms with van der Waals surface area (Å²) in [6, 6.07) is 6.34. The molecule has 1 aromatic carbocycles. The molecule has 4 rings (SSSR count). The third-order valence-corrected chi connectivity index (χ3v) is 6.02. The number of benzene rings is 1. The molecular weight excluding hydrogens is 300 g/mol. The van der Waals surface area contributed by atoms with Crippen molar-refractivity contribution in [3.8, 4) is 0 Å². The Balaban J connectivity index is 1.46. The first-order valence-electron chi connectivity index (χ1n) is 9.28. The van der Waals surface area contributed by atoms with Gasteiger partial charge in [-0.25, -0.2) is 0 Å². The Morgan fingerprint density at radius 1 is 1.17 bits per heavy atom. The van der Waals surface area contributed by atoms with Crippen LogP contribution in [-0.2, 0) is 22.4 Å². The van der Waals surface area contributed by atoms with E-state index in [2.05, 4.69) is 24.4 Å². The van der Waals surface area contributed by atoms with E-state index in [4.69, 9.17) is 0 Å². The van der Waals surface area contributed by atoms with Crippen molar-refractivity contribution < 1.29 is 9.59 Å². The van der Waals surface area contributed by atoms with Crippen LogP contribution in [0.5, 0.6) is 0 Å². The van der Waals surface area contributed by atoms with Gasteiger partial charge in [-0.15, -0.1) is 0 Å². The SMILES string of the molecule is CC1(NC(=O)C2CC(=O)N(c3ccc4c(c3)CCC4)C2)CCCC1. The van der Waals surface area contributed by atoms with Crippen molar-refractivity contribution in [1.82, 2.24) is 5.32 Å². The summed E-state index contributed by atoms with van der Waals surface area (Å²) in [5.41, 5.74) is 3.67. The Morgan fingerprint density at radius 2 is 1.92 bits per heavy atom. The van der Waals surface area contributed by atoms with Crippen molar-refractivity contribution in [3.05, 3.63) is 29.3 Å². The largest absolute Gasteiger partial charge is 0.351 e. The molecule has 0 bridgehead atoms. The van der Waals surface area contributed by atoms with Gasteiger partial charge >= 0.3 is 0 Å². The molecule has 1 aromatic rings. The summed E-state index contributed by atoms with van der Waals surface area (Å²) < 4.78 is 0. The summed E-state index contributed by atoms with van der Waals surface area (Å²) in [4.78, 5) is 26.9. The molecule has 24 heavy (non-hydrogen) atoms. The van der Waals surface area contributed by atoms with Crippen LogP contribution in [0.2, 0.25) is 0 Å². The fraction of sp³-hybridized carbons (Fsp3) is 0.600. The van der Waals surface area contributed by atoms with Crippen LogP contribution < -0.4 is 10.2 Å². The van der Waals surface area contributed by atoms with Crippen molar-refractivity contribution >= 4 is 17.5 Å². The summed E-state index contributed by atoms with van der Waals surface area (Å²) in [6.45, 7) is 2.65. The highest BCUT2D eigenvalue weighted by Gasteiger charge is 2.38. The van der Waals surface area contributed by atoms with Crippen LogP contribution in [0.15, 0.2) is 18.2 Å². The average molecular weight is 326 g/mol. The molecule has 0 radical (unpaired) electrons. The fourth-order valence-corrected chi connectivity index (χ4v) is 4.54. The monoisotopic (exact) mass is 326 g/mol. The van der Waals surface area contributed by atoms with Crippen LogP contribution in [0.25, 0.3) is 0 Å². The topological polar surface area (TPSA) is 49.4 Å². The number of hydrogen-bond acceptors (Lipinski definition) is 2. The summed E-state index contributed by atoms with van der Waals surface area (Å²) in [5.74, 6) is -0.0933. The highest BCUT2D eigenvalue weighted by atomic mass is 16.2. The predicted octanol–water partition coefficient (Wildman–Crippen LogP) is 2.98. The molecule has 4 nitrogen and oxygen atoms in total. The average Bonchev–Trinajstić information content (AvgIpc) is 3.26. The Bertz CT molecular complexity index is 676. The first-order valence-corrected chi connectivity index (χ1v) is 9.28. The van der Waals surface area contributed by atoms with E-state index in [1.54, 1.807) is 4.90 Å². The van der Waals surface area contributed by atoms with Gasteiger partial charge in [0.2, 0.25) is 11.8 Å². The van der Waals surface area contributed by atoms with Crippen LogP contribution in [0.3, 0.4) is 0 Å². The molecule has 2 aliphatic carbocycles. The maximum atomic E-state index is 12.6. The van der Waals surface area contributed by atoms with Gasteiger partial charge in [-0.3, -0.25) is 9.59 Å². The molecule has 1 atom stereocenters. The van der Waals surface area contributed by atoms with Gasteiger partial charge in [0.1, 0.15) is 0 Å². The molecule has 1 N–H and O–H groups in total. The number of rotatable bonds is 3. The van der Waals surface area contributed by atoms with Crippen molar-refractivity contribution in [2.24, 2.45) is 5.92 Å². The predicted molar refractivity (Wildman–Crippen MR) is 93.9 cm³/mol. The molecule has 2 fully saturated rings. The molecule has 4 heteroatoms. The number of carbonyl (C=O) groups excluding carboxylic acids is 2. The molecule has 0 aromatic heterocycles. The third kappa shape index (κ3) is 2.83. The van der Waals surface area contributed by atoms with Crippen LogP contribution in [0, 0.1) is 5.92 Å². The van der Waals surface area contributed by atoms with Gasteiger partial charge in [0.25, 0.3) is 0 Å². The highest BCUT2D eigenvalue weighted by Crippen LogP contribution is 2.32. The second-order valence-corrected chi connectivity index (χ2v) is 7.97. The molecule has 3 aliphatic rings. The van der Waals surface area contributed by atoms with E-state index in [0.717, 1.165) is 31.4 Å². The summed E-state index contributed by atoms with van der Waals surface area (Å²) in [5, 5.41) is 3.21. The smallest absolute Gasteiger partial charge is 0.227 e. The lowest BCUT2D eigenvalue weighted by atomic mass is 9.98. The molecule has 1 aliphatic heterocycles. The molecule has 1 unspecified atom stereocenters. The van der Waals surface area contributed by atoms with E-state index in [1.165, 1.54) is 30.4 Å². The Morgan fingerprint density at radius 3 is 2.71 bits per heavy atom. The lowest BCUT2D eigenvalue weighted by molar-refractivity contribution is -0.127. The van der Waals surface area contributed by atoms with Crippen molar-refractivity contribution in [2.75, 3.05) is 11.4 Å². The van der Waals surface area contributed by atoms with E-state index in [1.807, 2.05) is 6.07 Å². The van der Waals surface area contributed by atoms with E-state index >= 15 is 0 Å². The van der Waals surface area contributed by atoms with Crippen LogP contribution in [-0.4, -0.2) is 23.9 Å². The number of nitrogens with zero attached hydrogens (tertiary/aromatic N) is 1. The zero-order valence-electron chi connectivity index (χ0n) is 14.4. The molecule has 0 spiro atoms. The van der Waals surface area contributed by atoms with E-state index in [9.17, 15) is 9.59 Å². The van der Waals surface area contributed by atoms with E-state index in [-0.39, 0.29) is 23.3 Å². The minimum Gasteiger partial charge on any atom is -0.351 e. The van der Waals surface area contributed by atoms with Gasteiger partial charge in [-0.1, -0.05) is 18.9 Å². The maximum absolute atomic E-state index is 12.6. The van der Waals surface area contributed by atoms with Crippen LogP contribution >= 0.6 is 0 Å². The number of hydrogen-bond donors (Lipinski definition) is 1. The summed E-state index contributed by atoms with van der Waals surface area (Å²) >= 11 is 0. The number of carbonyl (C=O) groups is 2. The van der Waals surface area contributed by atoms with Gasteiger partial charge in [0.15, 0.2) is 0 Å². The van der Waals surface area contributed by atoms with Gasteiger partial charge < -0.3 is 10.2 Å². The fourth-order valence-electron chi connectivity index (χ4n) is 4.54. The Kier molecular flexibility index (Phi) is 3.86. The molecule has 2 amide bonds. The van der Waals surface area contributed by atoms with E-state index < -0.39 is 0 Å². The zero-order valence-corrected chi connectivity index (χ0v) is 14.4. The molecule has 1 heterocycles. The first-order chi connectivity index (χ1) is 11.5. The number of aryl methyl sites for hydroxylation is 2. The quantitative estimate of drug-likeness (QED) is 0.928. The van der Waals surface area contributed by atoms with Gasteiger partial charge in [-0.2, -0.15) is 0 Å². The van der Waals surface area contributed by atoms with Crippen molar-refractivity contribution in [1.29, 1.82) is 0 Å². The summed E-state index contributed by atoms with van der Waals surface area (Å²) in [6.07, 6.45) is 8.25. The van der Waals surface area contributed by atoms with Crippen LogP contribution in [0.1, 0.15) is 56.6 Å². The van der Waals surface area contributed by atoms with Crippen LogP contribution in [0.4, 0.5) is 5.69 Å². The standard InChI is InChI=1S/C20H26N2O2/c1-20(9-2-3-10-20)21-19(24)16-12-18(23)22(13-16)17-8-7-14-5-4-6-15(14)11-17/h7-8,11,16H,2-6,9-10,12-13H2,1H3,(H,21,24). The van der Waals surface area contributed by atoms with Gasteiger partial charge in [-0.05, 0) is 62.3 Å². The number of anilines is 1. The second kappa shape index (κ2) is 5.91. The van der Waals surface area contributed by atoms with E-state index in [0.29, 0.717) is 13.0 Å². The summed E-state index contributed by atoms with van der Waals surface area (Å²) in [7, 11) is 0. The number of fused-ring (bicyclic) bond motifs is 1. The molecule has 1 saturated heterocycles. The Labute approximate surface area is 143 Å². The minimum atomic E-state index is -0.219. The zero-order chi connectivity index (χ0) is 16.7. The lowest BCUT2D eigenvalue weighted by Crippen LogP contribution is -2.46. The van der Waals surface area contributed by atoms with Crippen molar-refractivity contribution in [3.63, 3.8) is 0 Å². The van der Waals surface area contributed by atoms with Crippen molar-refractivity contribution in [2.45, 2.75) is 63.8 Å². The maximum Gasteiger partial charge on any atom is 0.227 e. The lowest BCUT2D eigenvalue weighted by Gasteiger charge is -2.27. The normalized spacial score (nSPS) is 25.1. The molecular formula is C20H26N2O2. The third-order valence-electron chi connectivity index (χ3n) is 6.02. The second-order valence-electron chi connectivity index (χ2n) is 7.97. The number of nitrogens with one attached hydrogen (secondary N) is 1. The van der Waals surface area contributed by atoms with Gasteiger partial charge in [0.05, 0.1) is 5.92 Å². The van der Waals surface area contributed by atoms with Gasteiger partial charge in [0, 0.05) is 24.2 Å². The Hall–Kier alpha value is -1.84. The molecule has 1 saturated carbocycles. The first kappa shape index (κ1) is 15.7. The number of amides is 2. The molecule has 128 valence electrons.